The molecule has 8 heteroatoms. The van der Waals surface area contributed by atoms with Crippen molar-refractivity contribution in [3.8, 4) is 6.07 Å². The smallest absolute Gasteiger partial charge is 0.355 e. The maximum atomic E-state index is 12.3. The summed E-state index contributed by atoms with van der Waals surface area (Å²) in [6, 6.07) is 2.21. The van der Waals surface area contributed by atoms with Crippen LogP contribution in [0.1, 0.15) is 74.3 Å². The van der Waals surface area contributed by atoms with Crippen LogP contribution in [0.2, 0.25) is 0 Å². The number of Topliss-reactive ketones (excluding diaryl/α,β-unsaturated/α-hetero) is 1. The summed E-state index contributed by atoms with van der Waals surface area (Å²) in [5.41, 5.74) is 3.28. The summed E-state index contributed by atoms with van der Waals surface area (Å²) >= 11 is 1.43. The second-order valence-electron chi connectivity index (χ2n) is 7.19. The summed E-state index contributed by atoms with van der Waals surface area (Å²) in [7, 11) is 0. The highest BCUT2D eigenvalue weighted by Crippen LogP contribution is 2.36. The first-order chi connectivity index (χ1) is 13.8. The number of ether oxygens (including phenoxy) is 1. The molecule has 7 nitrogen and oxygen atoms in total. The van der Waals surface area contributed by atoms with Gasteiger partial charge in [0.25, 0.3) is 5.91 Å². The quantitative estimate of drug-likeness (QED) is 0.439. The molecule has 0 unspecified atom stereocenters. The molecule has 0 radical (unpaired) electrons. The van der Waals surface area contributed by atoms with Crippen LogP contribution in [0.4, 0.5) is 5.00 Å². The van der Waals surface area contributed by atoms with Gasteiger partial charge in [-0.15, -0.1) is 11.3 Å². The molecule has 29 heavy (non-hydrogen) atoms. The van der Waals surface area contributed by atoms with Crippen LogP contribution in [0.5, 0.6) is 0 Å². The lowest BCUT2D eigenvalue weighted by atomic mass is 10.1. The summed E-state index contributed by atoms with van der Waals surface area (Å²) in [5.74, 6) is -1.34. The number of anilines is 1. The van der Waals surface area contributed by atoms with Crippen LogP contribution in [0, 0.1) is 25.2 Å². The molecule has 2 N–H and O–H groups in total. The Morgan fingerprint density at radius 2 is 1.93 bits per heavy atom. The van der Waals surface area contributed by atoms with Gasteiger partial charge in [-0.1, -0.05) is 6.42 Å². The van der Waals surface area contributed by atoms with Crippen LogP contribution in [0.3, 0.4) is 0 Å². The molecule has 2 aromatic heterocycles. The van der Waals surface area contributed by atoms with Crippen molar-refractivity contribution >= 4 is 34.0 Å². The maximum absolute atomic E-state index is 12.3. The van der Waals surface area contributed by atoms with Gasteiger partial charge in [0.1, 0.15) is 16.8 Å². The normalized spacial score (nSPS) is 13.2. The predicted octanol–water partition coefficient (Wildman–Crippen LogP) is 3.83. The highest BCUT2D eigenvalue weighted by atomic mass is 32.1. The van der Waals surface area contributed by atoms with E-state index in [9.17, 15) is 19.6 Å². The van der Waals surface area contributed by atoms with Gasteiger partial charge in [0.2, 0.25) is 0 Å². The number of esters is 1. The minimum atomic E-state index is -0.698. The molecule has 0 saturated heterocycles. The van der Waals surface area contributed by atoms with Crippen molar-refractivity contribution in [3.05, 3.63) is 38.5 Å². The van der Waals surface area contributed by atoms with E-state index in [1.807, 2.05) is 0 Å². The number of rotatable bonds is 5. The fourth-order valence-electron chi connectivity index (χ4n) is 3.80. The number of hydrogen-bond donors (Lipinski definition) is 2. The zero-order chi connectivity index (χ0) is 21.1. The molecule has 152 valence electrons. The number of hydrogen-bond acceptors (Lipinski definition) is 6. The molecular weight excluding hydrogens is 390 g/mol. The average molecular weight is 413 g/mol. The molecule has 0 spiro atoms. The topological polar surface area (TPSA) is 112 Å². The second kappa shape index (κ2) is 8.62. The Hall–Kier alpha value is -2.92. The van der Waals surface area contributed by atoms with Gasteiger partial charge in [-0.05, 0) is 57.6 Å². The number of amides is 1. The number of aromatic amines is 1. The van der Waals surface area contributed by atoms with Gasteiger partial charge >= 0.3 is 5.97 Å². The van der Waals surface area contributed by atoms with E-state index in [1.54, 1.807) is 13.8 Å². The van der Waals surface area contributed by atoms with Gasteiger partial charge in [0.05, 0.1) is 5.56 Å². The van der Waals surface area contributed by atoms with Gasteiger partial charge in [-0.25, -0.2) is 4.79 Å². The van der Waals surface area contributed by atoms with Crippen LogP contribution in [0.25, 0.3) is 0 Å². The van der Waals surface area contributed by atoms with Crippen LogP contribution in [-0.2, 0) is 22.4 Å². The number of aryl methyl sites for hydroxylation is 2. The van der Waals surface area contributed by atoms with Gasteiger partial charge in [0.15, 0.2) is 12.4 Å². The van der Waals surface area contributed by atoms with Crippen molar-refractivity contribution in [1.29, 1.82) is 5.26 Å². The Bertz CT molecular complexity index is 1030. The van der Waals surface area contributed by atoms with Crippen molar-refractivity contribution in [2.45, 2.75) is 52.9 Å². The Morgan fingerprint density at radius 1 is 1.21 bits per heavy atom. The number of carbonyl (C=O) groups excluding carboxylic acids is 3. The zero-order valence-corrected chi connectivity index (χ0v) is 17.5. The molecule has 0 bridgehead atoms. The van der Waals surface area contributed by atoms with E-state index in [1.165, 1.54) is 18.3 Å². The monoisotopic (exact) mass is 413 g/mol. The number of carbonyl (C=O) groups is 3. The molecule has 0 fully saturated rings. The Kier molecular flexibility index (Phi) is 6.18. The Morgan fingerprint density at radius 3 is 2.59 bits per heavy atom. The first-order valence-corrected chi connectivity index (χ1v) is 10.4. The van der Waals surface area contributed by atoms with E-state index in [0.717, 1.165) is 42.5 Å². The Balaban J connectivity index is 1.67. The third kappa shape index (κ3) is 4.25. The van der Waals surface area contributed by atoms with Crippen LogP contribution in [-0.4, -0.2) is 29.3 Å². The minimum absolute atomic E-state index is 0.144. The van der Waals surface area contributed by atoms with Crippen LogP contribution in [0.15, 0.2) is 0 Å². The minimum Gasteiger partial charge on any atom is -0.451 e. The number of ketones is 1. The summed E-state index contributed by atoms with van der Waals surface area (Å²) in [6.07, 6.45) is 5.04. The van der Waals surface area contributed by atoms with E-state index in [4.69, 9.17) is 4.74 Å². The lowest BCUT2D eigenvalue weighted by Gasteiger charge is -2.06. The molecule has 2 aromatic rings. The average Bonchev–Trinajstić information content (AvgIpc) is 3.04. The summed E-state index contributed by atoms with van der Waals surface area (Å²) in [4.78, 5) is 40.3. The van der Waals surface area contributed by atoms with Gasteiger partial charge in [0, 0.05) is 16.1 Å². The number of aromatic nitrogens is 1. The summed E-state index contributed by atoms with van der Waals surface area (Å²) < 4.78 is 5.11. The number of nitriles is 1. The van der Waals surface area contributed by atoms with E-state index in [0.29, 0.717) is 27.4 Å². The first-order valence-electron chi connectivity index (χ1n) is 9.55. The van der Waals surface area contributed by atoms with Gasteiger partial charge in [-0.3, -0.25) is 9.59 Å². The molecule has 1 amide bonds. The third-order valence-corrected chi connectivity index (χ3v) is 6.32. The van der Waals surface area contributed by atoms with Crippen LogP contribution < -0.4 is 5.32 Å². The number of fused-ring (bicyclic) bond motifs is 1. The molecule has 1 aliphatic carbocycles. The highest BCUT2D eigenvalue weighted by Gasteiger charge is 2.23. The SMILES string of the molecule is CC(=O)c1c(C)[nH]c(C(=O)OCC(=O)Nc2sc3c(c2C#N)CCCCC3)c1C. The van der Waals surface area contributed by atoms with E-state index in [2.05, 4.69) is 16.4 Å². The predicted molar refractivity (Wildman–Crippen MR) is 109 cm³/mol. The molecule has 1 aliphatic rings. The van der Waals surface area contributed by atoms with Crippen molar-refractivity contribution < 1.29 is 19.1 Å². The molecule has 0 aromatic carbocycles. The number of nitrogens with zero attached hydrogens (tertiary/aromatic N) is 1. The van der Waals surface area contributed by atoms with Crippen molar-refractivity contribution in [1.82, 2.24) is 4.98 Å². The number of H-pyrrole nitrogens is 1. The van der Waals surface area contributed by atoms with Crippen molar-refractivity contribution in [3.63, 3.8) is 0 Å². The second-order valence-corrected chi connectivity index (χ2v) is 8.29. The number of nitrogens with one attached hydrogen (secondary N) is 2. The van der Waals surface area contributed by atoms with E-state index >= 15 is 0 Å². The maximum Gasteiger partial charge on any atom is 0.355 e. The zero-order valence-electron chi connectivity index (χ0n) is 16.7. The standard InChI is InChI=1S/C21H23N3O4S/c1-11-18(13(3)25)12(2)23-19(11)21(27)28-10-17(26)24-20-15(9-22)14-7-5-4-6-8-16(14)29-20/h23H,4-8,10H2,1-3H3,(H,24,26). The largest absolute Gasteiger partial charge is 0.451 e. The van der Waals surface area contributed by atoms with Gasteiger partial charge in [-0.2, -0.15) is 5.26 Å². The van der Waals surface area contributed by atoms with E-state index < -0.39 is 18.5 Å². The third-order valence-electron chi connectivity index (χ3n) is 5.11. The fraction of sp³-hybridized carbons (Fsp3) is 0.429. The molecule has 0 atom stereocenters. The summed E-state index contributed by atoms with van der Waals surface area (Å²) in [6.45, 7) is 4.33. The molecular formula is C21H23N3O4S. The lowest BCUT2D eigenvalue weighted by molar-refractivity contribution is -0.119. The van der Waals surface area contributed by atoms with Crippen molar-refractivity contribution in [2.75, 3.05) is 11.9 Å². The number of thiophene rings is 1. The summed E-state index contributed by atoms with van der Waals surface area (Å²) in [5, 5.41) is 12.8. The fourth-order valence-corrected chi connectivity index (χ4v) is 5.05. The lowest BCUT2D eigenvalue weighted by Crippen LogP contribution is -2.21. The molecule has 0 saturated carbocycles. The first kappa shape index (κ1) is 20.8. The van der Waals surface area contributed by atoms with Gasteiger partial charge < -0.3 is 15.0 Å². The van der Waals surface area contributed by atoms with Crippen LogP contribution >= 0.6 is 11.3 Å². The molecule has 0 aliphatic heterocycles. The highest BCUT2D eigenvalue weighted by molar-refractivity contribution is 7.16. The molecule has 2 heterocycles. The Labute approximate surface area is 173 Å². The van der Waals surface area contributed by atoms with E-state index in [-0.39, 0.29) is 11.5 Å². The molecule has 3 rings (SSSR count). The van der Waals surface area contributed by atoms with Crippen molar-refractivity contribution in [2.24, 2.45) is 0 Å².